The minimum Gasteiger partial charge on any atom is -0.310 e. The molecule has 0 N–H and O–H groups in total. The largest absolute Gasteiger partial charge is 0.310 e. The molecule has 19 heavy (non-hydrogen) atoms. The number of hydrogen-bond donors (Lipinski definition) is 0. The lowest BCUT2D eigenvalue weighted by molar-refractivity contribution is 0.628. The van der Waals surface area contributed by atoms with E-state index in [-0.39, 0.29) is 5.82 Å². The SMILES string of the molecule is Cc1nc(N2CCc3ccc(F)cc32)ncc1CCl. The Labute approximate surface area is 116 Å². The van der Waals surface area contributed by atoms with Crippen molar-refractivity contribution in [1.82, 2.24) is 9.97 Å². The molecule has 0 aliphatic carbocycles. The van der Waals surface area contributed by atoms with Gasteiger partial charge >= 0.3 is 0 Å². The summed E-state index contributed by atoms with van der Waals surface area (Å²) in [6.45, 7) is 2.68. The number of anilines is 2. The van der Waals surface area contributed by atoms with Crippen LogP contribution in [0.3, 0.4) is 0 Å². The highest BCUT2D eigenvalue weighted by atomic mass is 35.5. The molecule has 1 aromatic carbocycles. The van der Waals surface area contributed by atoms with Gasteiger partial charge in [-0.25, -0.2) is 14.4 Å². The molecule has 0 fully saturated rings. The lowest BCUT2D eigenvalue weighted by Gasteiger charge is -2.18. The normalized spacial score (nSPS) is 13.7. The number of aromatic nitrogens is 2. The van der Waals surface area contributed by atoms with E-state index >= 15 is 0 Å². The third kappa shape index (κ3) is 2.16. The minimum atomic E-state index is -0.236. The van der Waals surface area contributed by atoms with Crippen LogP contribution in [0.5, 0.6) is 0 Å². The van der Waals surface area contributed by atoms with Gasteiger partial charge < -0.3 is 4.90 Å². The Kier molecular flexibility index (Phi) is 3.11. The number of fused-ring (bicyclic) bond motifs is 1. The number of nitrogens with zero attached hydrogens (tertiary/aromatic N) is 3. The van der Waals surface area contributed by atoms with Gasteiger partial charge in [0.1, 0.15) is 5.82 Å². The maximum Gasteiger partial charge on any atom is 0.230 e. The summed E-state index contributed by atoms with van der Waals surface area (Å²) in [6.07, 6.45) is 2.62. The van der Waals surface area contributed by atoms with Gasteiger partial charge in [-0.2, -0.15) is 0 Å². The summed E-state index contributed by atoms with van der Waals surface area (Å²) in [6, 6.07) is 4.85. The standard InChI is InChI=1S/C14H13ClFN3/c1-9-11(7-15)8-17-14(18-9)19-5-4-10-2-3-12(16)6-13(10)19/h2-3,6,8H,4-5,7H2,1H3. The summed E-state index contributed by atoms with van der Waals surface area (Å²) in [5, 5.41) is 0. The highest BCUT2D eigenvalue weighted by Gasteiger charge is 2.23. The fourth-order valence-corrected chi connectivity index (χ4v) is 2.56. The van der Waals surface area contributed by atoms with E-state index in [1.165, 1.54) is 12.1 Å². The molecule has 0 radical (unpaired) electrons. The van der Waals surface area contributed by atoms with Crippen molar-refractivity contribution >= 4 is 23.2 Å². The fraction of sp³-hybridized carbons (Fsp3) is 0.286. The molecule has 3 nitrogen and oxygen atoms in total. The predicted octanol–water partition coefficient (Wildman–Crippen LogP) is 3.36. The van der Waals surface area contributed by atoms with Crippen LogP contribution in [0.2, 0.25) is 0 Å². The van der Waals surface area contributed by atoms with Gasteiger partial charge in [0.15, 0.2) is 0 Å². The highest BCUT2D eigenvalue weighted by molar-refractivity contribution is 6.17. The first-order chi connectivity index (χ1) is 9.19. The minimum absolute atomic E-state index is 0.236. The average Bonchev–Trinajstić information content (AvgIpc) is 2.81. The van der Waals surface area contributed by atoms with Crippen LogP contribution in [0, 0.1) is 12.7 Å². The van der Waals surface area contributed by atoms with Gasteiger partial charge in [0.05, 0.1) is 11.6 Å². The van der Waals surface area contributed by atoms with Gasteiger partial charge in [-0.1, -0.05) is 6.07 Å². The maximum atomic E-state index is 13.4. The Morgan fingerprint density at radius 3 is 3.00 bits per heavy atom. The Bertz CT molecular complexity index is 630. The molecule has 1 aromatic heterocycles. The van der Waals surface area contributed by atoms with Crippen LogP contribution in [0.4, 0.5) is 16.0 Å². The van der Waals surface area contributed by atoms with Crippen LogP contribution < -0.4 is 4.90 Å². The molecule has 0 spiro atoms. The zero-order valence-electron chi connectivity index (χ0n) is 10.5. The topological polar surface area (TPSA) is 29.0 Å². The molecule has 98 valence electrons. The summed E-state index contributed by atoms with van der Waals surface area (Å²) < 4.78 is 13.4. The van der Waals surface area contributed by atoms with Gasteiger partial charge in [0.2, 0.25) is 5.95 Å². The van der Waals surface area contributed by atoms with Crippen LogP contribution in [0.15, 0.2) is 24.4 Å². The third-order valence-corrected chi connectivity index (χ3v) is 3.68. The monoisotopic (exact) mass is 277 g/mol. The number of alkyl halides is 1. The molecule has 3 rings (SSSR count). The van der Waals surface area contributed by atoms with Crippen molar-refractivity contribution in [1.29, 1.82) is 0 Å². The van der Waals surface area contributed by atoms with Crippen LogP contribution in [0.1, 0.15) is 16.8 Å². The van der Waals surface area contributed by atoms with E-state index in [4.69, 9.17) is 11.6 Å². The number of aryl methyl sites for hydroxylation is 1. The van der Waals surface area contributed by atoms with E-state index < -0.39 is 0 Å². The zero-order chi connectivity index (χ0) is 13.4. The van der Waals surface area contributed by atoms with Gasteiger partial charge in [-0.05, 0) is 31.0 Å². The first kappa shape index (κ1) is 12.4. The lowest BCUT2D eigenvalue weighted by Crippen LogP contribution is -2.17. The van der Waals surface area contributed by atoms with Crippen molar-refractivity contribution in [3.05, 3.63) is 47.0 Å². The number of hydrogen-bond acceptors (Lipinski definition) is 3. The summed E-state index contributed by atoms with van der Waals surface area (Å²) in [5.41, 5.74) is 3.77. The molecular weight excluding hydrogens is 265 g/mol. The van der Waals surface area contributed by atoms with Gasteiger partial charge in [0, 0.05) is 24.0 Å². The molecule has 2 heterocycles. The van der Waals surface area contributed by atoms with Crippen molar-refractivity contribution in [2.45, 2.75) is 19.2 Å². The average molecular weight is 278 g/mol. The molecule has 0 amide bonds. The van der Waals surface area contributed by atoms with Crippen LogP contribution in [-0.2, 0) is 12.3 Å². The van der Waals surface area contributed by atoms with Crippen molar-refractivity contribution in [2.75, 3.05) is 11.4 Å². The van der Waals surface area contributed by atoms with E-state index in [0.717, 1.165) is 35.5 Å². The summed E-state index contributed by atoms with van der Waals surface area (Å²) >= 11 is 5.80. The molecule has 1 aliphatic heterocycles. The van der Waals surface area contributed by atoms with E-state index in [1.807, 2.05) is 17.9 Å². The second-order valence-electron chi connectivity index (χ2n) is 4.59. The molecular formula is C14H13ClFN3. The Morgan fingerprint density at radius 2 is 2.26 bits per heavy atom. The van der Waals surface area contributed by atoms with Crippen LogP contribution >= 0.6 is 11.6 Å². The van der Waals surface area contributed by atoms with E-state index in [2.05, 4.69) is 9.97 Å². The van der Waals surface area contributed by atoms with Crippen molar-refractivity contribution < 1.29 is 4.39 Å². The van der Waals surface area contributed by atoms with E-state index in [1.54, 1.807) is 6.20 Å². The molecule has 1 aliphatic rings. The van der Waals surface area contributed by atoms with E-state index in [9.17, 15) is 4.39 Å². The summed E-state index contributed by atoms with van der Waals surface area (Å²) in [7, 11) is 0. The second kappa shape index (κ2) is 4.78. The Balaban J connectivity index is 2.01. The molecule has 0 bridgehead atoms. The van der Waals surface area contributed by atoms with Gasteiger partial charge in [-0.15, -0.1) is 11.6 Å². The highest BCUT2D eigenvalue weighted by Crippen LogP contribution is 2.33. The van der Waals surface area contributed by atoms with Crippen molar-refractivity contribution in [2.24, 2.45) is 0 Å². The second-order valence-corrected chi connectivity index (χ2v) is 4.86. The van der Waals surface area contributed by atoms with Crippen LogP contribution in [0.25, 0.3) is 0 Å². The van der Waals surface area contributed by atoms with Crippen molar-refractivity contribution in [3.8, 4) is 0 Å². The molecule has 0 atom stereocenters. The van der Waals surface area contributed by atoms with E-state index in [0.29, 0.717) is 11.8 Å². The summed E-state index contributed by atoms with van der Waals surface area (Å²) in [4.78, 5) is 10.7. The Morgan fingerprint density at radius 1 is 1.42 bits per heavy atom. The lowest BCUT2D eigenvalue weighted by atomic mass is 10.2. The number of benzene rings is 1. The smallest absolute Gasteiger partial charge is 0.230 e. The zero-order valence-corrected chi connectivity index (χ0v) is 11.3. The first-order valence-electron chi connectivity index (χ1n) is 6.13. The van der Waals surface area contributed by atoms with Gasteiger partial charge in [0.25, 0.3) is 0 Å². The predicted molar refractivity (Wildman–Crippen MR) is 73.4 cm³/mol. The maximum absolute atomic E-state index is 13.4. The fourth-order valence-electron chi connectivity index (χ4n) is 2.30. The third-order valence-electron chi connectivity index (χ3n) is 3.40. The van der Waals surface area contributed by atoms with Crippen molar-refractivity contribution in [3.63, 3.8) is 0 Å². The summed E-state index contributed by atoms with van der Waals surface area (Å²) in [5.74, 6) is 0.771. The molecule has 5 heteroatoms. The Hall–Kier alpha value is -1.68. The van der Waals surface area contributed by atoms with Crippen LogP contribution in [-0.4, -0.2) is 16.5 Å². The van der Waals surface area contributed by atoms with Gasteiger partial charge in [-0.3, -0.25) is 0 Å². The number of halogens is 2. The molecule has 0 unspecified atom stereocenters. The quantitative estimate of drug-likeness (QED) is 0.788. The number of rotatable bonds is 2. The molecule has 0 saturated heterocycles. The molecule has 2 aromatic rings. The molecule has 0 saturated carbocycles. The first-order valence-corrected chi connectivity index (χ1v) is 6.67.